The average molecular weight is 205 g/mol. The zero-order valence-corrected chi connectivity index (χ0v) is 9.53. The molecule has 0 aromatic rings. The summed E-state index contributed by atoms with van der Waals surface area (Å²) in [7, 11) is 0. The lowest BCUT2D eigenvalue weighted by atomic mass is 10.3. The third-order valence-corrected chi connectivity index (χ3v) is 2.17. The van der Waals surface area contributed by atoms with E-state index in [1.165, 1.54) is 6.42 Å². The fraction of sp³-hybridized carbons (Fsp3) is 0.800. The van der Waals surface area contributed by atoms with Gasteiger partial charge in [-0.25, -0.2) is 0 Å². The van der Waals surface area contributed by atoms with E-state index < -0.39 is 0 Å². The van der Waals surface area contributed by atoms with E-state index in [9.17, 15) is 0 Å². The summed E-state index contributed by atoms with van der Waals surface area (Å²) in [5.41, 5.74) is 0. The van der Waals surface area contributed by atoms with Gasteiger partial charge in [0.2, 0.25) is 0 Å². The highest BCUT2D eigenvalue weighted by Gasteiger charge is 1.97. The Morgan fingerprint density at radius 2 is 2.00 bits per heavy atom. The lowest BCUT2D eigenvalue weighted by molar-refractivity contribution is 0.298. The number of hydrogen-bond acceptors (Lipinski definition) is 2. The molecular formula is C10H21ClN2. The Labute approximate surface area is 86.9 Å². The second kappa shape index (κ2) is 8.54. The molecule has 0 aliphatic rings. The van der Waals surface area contributed by atoms with E-state index in [2.05, 4.69) is 30.6 Å². The zero-order valence-electron chi connectivity index (χ0n) is 8.77. The summed E-state index contributed by atoms with van der Waals surface area (Å²) in [5, 5.41) is 3.91. The van der Waals surface area contributed by atoms with Gasteiger partial charge < -0.3 is 10.2 Å². The van der Waals surface area contributed by atoms with Gasteiger partial charge in [-0.15, -0.1) is 0 Å². The lowest BCUT2D eigenvalue weighted by Crippen LogP contribution is -2.27. The first-order valence-electron chi connectivity index (χ1n) is 4.97. The van der Waals surface area contributed by atoms with Crippen LogP contribution in [0.3, 0.4) is 0 Å². The molecule has 0 bridgehead atoms. The molecule has 0 radical (unpaired) electrons. The number of rotatable bonds is 8. The fourth-order valence-corrected chi connectivity index (χ4v) is 1.29. The molecule has 0 aromatic heterocycles. The molecule has 0 aromatic carbocycles. The molecular weight excluding hydrogens is 184 g/mol. The lowest BCUT2D eigenvalue weighted by Gasteiger charge is -2.17. The summed E-state index contributed by atoms with van der Waals surface area (Å²) >= 11 is 5.61. The second-order valence-corrected chi connectivity index (χ2v) is 3.61. The Hall–Kier alpha value is -0.0500. The first-order chi connectivity index (χ1) is 6.20. The molecule has 0 saturated heterocycles. The third kappa shape index (κ3) is 8.28. The summed E-state index contributed by atoms with van der Waals surface area (Å²) in [6, 6.07) is 0. The van der Waals surface area contributed by atoms with Crippen molar-refractivity contribution in [1.82, 2.24) is 10.2 Å². The maximum Gasteiger partial charge on any atom is 0.0307 e. The van der Waals surface area contributed by atoms with Crippen LogP contribution in [0.5, 0.6) is 0 Å². The van der Waals surface area contributed by atoms with Gasteiger partial charge in [0.1, 0.15) is 0 Å². The van der Waals surface area contributed by atoms with E-state index in [0.717, 1.165) is 32.7 Å². The van der Waals surface area contributed by atoms with Crippen LogP contribution in [0.25, 0.3) is 0 Å². The Kier molecular flexibility index (Phi) is 8.51. The van der Waals surface area contributed by atoms with E-state index >= 15 is 0 Å². The molecule has 0 aliphatic heterocycles. The summed E-state index contributed by atoms with van der Waals surface area (Å²) in [6.07, 6.45) is 1.17. The Balaban J connectivity index is 3.19. The topological polar surface area (TPSA) is 15.3 Å². The number of nitrogens with zero attached hydrogens (tertiary/aromatic N) is 1. The highest BCUT2D eigenvalue weighted by molar-refractivity contribution is 6.29. The predicted octanol–water partition coefficient (Wildman–Crippen LogP) is 2.06. The van der Waals surface area contributed by atoms with E-state index in [1.807, 2.05) is 0 Å². The van der Waals surface area contributed by atoms with Crippen molar-refractivity contribution in [3.63, 3.8) is 0 Å². The molecule has 0 rings (SSSR count). The molecule has 0 saturated carbocycles. The normalized spacial score (nSPS) is 10.8. The third-order valence-electron chi connectivity index (χ3n) is 2.04. The van der Waals surface area contributed by atoms with Gasteiger partial charge in [0, 0.05) is 11.6 Å². The monoisotopic (exact) mass is 204 g/mol. The van der Waals surface area contributed by atoms with Crippen LogP contribution in [-0.4, -0.2) is 37.6 Å². The van der Waals surface area contributed by atoms with Crippen molar-refractivity contribution < 1.29 is 0 Å². The van der Waals surface area contributed by atoms with Crippen molar-refractivity contribution in [1.29, 1.82) is 0 Å². The van der Waals surface area contributed by atoms with Crippen LogP contribution in [0.1, 0.15) is 20.3 Å². The highest BCUT2D eigenvalue weighted by Crippen LogP contribution is 1.93. The minimum absolute atomic E-state index is 0.683. The maximum absolute atomic E-state index is 5.61. The Morgan fingerprint density at radius 3 is 2.46 bits per heavy atom. The van der Waals surface area contributed by atoms with Crippen molar-refractivity contribution in [3.05, 3.63) is 11.6 Å². The molecule has 0 spiro atoms. The van der Waals surface area contributed by atoms with Crippen molar-refractivity contribution in [3.8, 4) is 0 Å². The van der Waals surface area contributed by atoms with E-state index in [4.69, 9.17) is 11.6 Å². The van der Waals surface area contributed by atoms with E-state index in [-0.39, 0.29) is 0 Å². The molecule has 1 N–H and O–H groups in total. The smallest absolute Gasteiger partial charge is 0.0307 e. The molecule has 3 heteroatoms. The average Bonchev–Trinajstić information content (AvgIpc) is 2.11. The van der Waals surface area contributed by atoms with Crippen LogP contribution in [0, 0.1) is 0 Å². The zero-order chi connectivity index (χ0) is 10.1. The van der Waals surface area contributed by atoms with Crippen LogP contribution in [-0.2, 0) is 0 Å². The molecule has 78 valence electrons. The van der Waals surface area contributed by atoms with Crippen molar-refractivity contribution in [2.45, 2.75) is 20.3 Å². The van der Waals surface area contributed by atoms with Crippen LogP contribution in [0.15, 0.2) is 11.6 Å². The predicted molar refractivity (Wildman–Crippen MR) is 60.3 cm³/mol. The van der Waals surface area contributed by atoms with Crippen LogP contribution in [0.4, 0.5) is 0 Å². The van der Waals surface area contributed by atoms with Crippen LogP contribution < -0.4 is 5.32 Å². The second-order valence-electron chi connectivity index (χ2n) is 3.07. The van der Waals surface area contributed by atoms with E-state index in [0.29, 0.717) is 5.03 Å². The molecule has 0 unspecified atom stereocenters. The Bertz CT molecular complexity index is 133. The molecule has 0 aliphatic carbocycles. The van der Waals surface area contributed by atoms with Crippen molar-refractivity contribution in [2.24, 2.45) is 0 Å². The SMILES string of the molecule is C=C(Cl)CNCCCN(CC)CC. The van der Waals surface area contributed by atoms with Crippen molar-refractivity contribution >= 4 is 11.6 Å². The summed E-state index contributed by atoms with van der Waals surface area (Å²) in [5.74, 6) is 0. The van der Waals surface area contributed by atoms with Gasteiger partial charge in [-0.05, 0) is 32.6 Å². The van der Waals surface area contributed by atoms with Gasteiger partial charge in [-0.1, -0.05) is 32.0 Å². The number of halogens is 1. The Morgan fingerprint density at radius 1 is 1.38 bits per heavy atom. The van der Waals surface area contributed by atoms with Crippen LogP contribution in [0.2, 0.25) is 0 Å². The van der Waals surface area contributed by atoms with Gasteiger partial charge >= 0.3 is 0 Å². The minimum Gasteiger partial charge on any atom is -0.312 e. The number of nitrogens with one attached hydrogen (secondary N) is 1. The first-order valence-corrected chi connectivity index (χ1v) is 5.34. The van der Waals surface area contributed by atoms with Crippen LogP contribution >= 0.6 is 11.6 Å². The molecule has 0 heterocycles. The van der Waals surface area contributed by atoms with Gasteiger partial charge in [0.25, 0.3) is 0 Å². The number of hydrogen-bond donors (Lipinski definition) is 1. The molecule has 2 nitrogen and oxygen atoms in total. The first kappa shape index (κ1) is 12.9. The van der Waals surface area contributed by atoms with Gasteiger partial charge in [0.15, 0.2) is 0 Å². The van der Waals surface area contributed by atoms with E-state index in [1.54, 1.807) is 0 Å². The summed E-state index contributed by atoms with van der Waals surface area (Å²) < 4.78 is 0. The maximum atomic E-state index is 5.61. The minimum atomic E-state index is 0.683. The largest absolute Gasteiger partial charge is 0.312 e. The standard InChI is InChI=1S/C10H21ClN2/c1-4-13(5-2)8-6-7-12-9-10(3)11/h12H,3-9H2,1-2H3. The summed E-state index contributed by atoms with van der Waals surface area (Å²) in [6.45, 7) is 13.2. The van der Waals surface area contributed by atoms with Gasteiger partial charge in [-0.2, -0.15) is 0 Å². The molecule has 13 heavy (non-hydrogen) atoms. The van der Waals surface area contributed by atoms with Gasteiger partial charge in [0.05, 0.1) is 0 Å². The molecule has 0 fully saturated rings. The molecule has 0 atom stereocenters. The van der Waals surface area contributed by atoms with Gasteiger partial charge in [-0.3, -0.25) is 0 Å². The quantitative estimate of drug-likeness (QED) is 0.609. The van der Waals surface area contributed by atoms with Crippen molar-refractivity contribution in [2.75, 3.05) is 32.7 Å². The highest BCUT2D eigenvalue weighted by atomic mass is 35.5. The summed E-state index contributed by atoms with van der Waals surface area (Å²) in [4.78, 5) is 2.41. The fourth-order valence-electron chi connectivity index (χ4n) is 1.19. The molecule has 0 amide bonds.